The monoisotopic (exact) mass is 228 g/mol. The first-order chi connectivity index (χ1) is 7.44. The fourth-order valence-corrected chi connectivity index (χ4v) is 2.59. The Morgan fingerprint density at radius 3 is 2.75 bits per heavy atom. The number of rotatable bonds is 4. The normalized spacial score (nSPS) is 29.4. The molecule has 0 amide bonds. The van der Waals surface area contributed by atoms with E-state index in [-0.39, 0.29) is 6.61 Å². The van der Waals surface area contributed by atoms with Crippen LogP contribution in [0.5, 0.6) is 0 Å². The molecule has 1 saturated heterocycles. The average molecular weight is 228 g/mol. The van der Waals surface area contributed by atoms with Crippen LogP contribution in [0, 0.1) is 5.92 Å². The number of hydrogen-bond acceptors (Lipinski definition) is 3. The first-order valence-corrected chi connectivity index (χ1v) is 6.58. The lowest BCUT2D eigenvalue weighted by Gasteiger charge is -2.33. The number of likely N-dealkylation sites (tertiary alicyclic amines) is 1. The minimum absolute atomic E-state index is 0.0710. The zero-order valence-corrected chi connectivity index (χ0v) is 11.1. The smallest absolute Gasteiger partial charge is 0.0609 e. The lowest BCUT2D eigenvalue weighted by Crippen LogP contribution is -2.47. The van der Waals surface area contributed by atoms with Crippen LogP contribution in [-0.2, 0) is 0 Å². The van der Waals surface area contributed by atoms with Crippen LogP contribution in [0.15, 0.2) is 0 Å². The van der Waals surface area contributed by atoms with Crippen molar-refractivity contribution in [2.24, 2.45) is 11.7 Å². The van der Waals surface area contributed by atoms with Gasteiger partial charge in [0.05, 0.1) is 6.61 Å². The summed E-state index contributed by atoms with van der Waals surface area (Å²) in [4.78, 5) is 2.53. The van der Waals surface area contributed by atoms with Crippen LogP contribution < -0.4 is 5.73 Å². The average Bonchev–Trinajstić information content (AvgIpc) is 2.42. The van der Waals surface area contributed by atoms with E-state index in [4.69, 9.17) is 5.73 Å². The number of aliphatic hydroxyl groups excluding tert-OH is 1. The summed E-state index contributed by atoms with van der Waals surface area (Å²) in [5, 5.41) is 9.20. The lowest BCUT2D eigenvalue weighted by atomic mass is 9.95. The van der Waals surface area contributed by atoms with Crippen LogP contribution in [0.1, 0.15) is 46.5 Å². The van der Waals surface area contributed by atoms with E-state index in [0.717, 1.165) is 12.3 Å². The highest BCUT2D eigenvalue weighted by molar-refractivity contribution is 4.84. The van der Waals surface area contributed by atoms with Crippen molar-refractivity contribution in [2.75, 3.05) is 19.7 Å². The van der Waals surface area contributed by atoms with Gasteiger partial charge in [0.1, 0.15) is 0 Å². The third-order valence-corrected chi connectivity index (χ3v) is 3.80. The molecule has 0 bridgehead atoms. The van der Waals surface area contributed by atoms with Crippen LogP contribution in [0.25, 0.3) is 0 Å². The summed E-state index contributed by atoms with van der Waals surface area (Å²) in [5.74, 6) is 0.860. The van der Waals surface area contributed by atoms with Gasteiger partial charge in [-0.15, -0.1) is 0 Å². The molecule has 3 N–H and O–H groups in total. The highest BCUT2D eigenvalue weighted by Gasteiger charge is 2.25. The van der Waals surface area contributed by atoms with Gasteiger partial charge in [-0.05, 0) is 58.5 Å². The van der Waals surface area contributed by atoms with Gasteiger partial charge in [-0.3, -0.25) is 0 Å². The second-order valence-corrected chi connectivity index (χ2v) is 5.94. The molecule has 3 unspecified atom stereocenters. The second kappa shape index (κ2) is 5.99. The molecule has 3 heteroatoms. The third-order valence-electron chi connectivity index (χ3n) is 3.80. The minimum Gasteiger partial charge on any atom is -0.394 e. The van der Waals surface area contributed by atoms with Crippen molar-refractivity contribution in [3.8, 4) is 0 Å². The summed E-state index contributed by atoms with van der Waals surface area (Å²) in [7, 11) is 0. The molecule has 1 aliphatic heterocycles. The molecule has 3 nitrogen and oxygen atoms in total. The summed E-state index contributed by atoms with van der Waals surface area (Å²) < 4.78 is 0. The molecule has 0 aromatic heterocycles. The molecule has 0 saturated carbocycles. The van der Waals surface area contributed by atoms with E-state index < -0.39 is 5.54 Å². The SMILES string of the molecule is CC1CCCN(C(C)CC(C)(N)CO)CC1. The first kappa shape index (κ1) is 13.9. The molecule has 1 fully saturated rings. The highest BCUT2D eigenvalue weighted by Crippen LogP contribution is 2.21. The fourth-order valence-electron chi connectivity index (χ4n) is 2.59. The molecule has 0 spiro atoms. The summed E-state index contributed by atoms with van der Waals surface area (Å²) in [6, 6.07) is 0.479. The van der Waals surface area contributed by atoms with Gasteiger partial charge in [-0.25, -0.2) is 0 Å². The quantitative estimate of drug-likeness (QED) is 0.768. The molecular formula is C13H28N2O. The number of nitrogens with zero attached hydrogens (tertiary/aromatic N) is 1. The number of nitrogens with two attached hydrogens (primary N) is 1. The third kappa shape index (κ3) is 4.40. The predicted octanol–water partition coefficient (Wildman–Crippen LogP) is 1.60. The first-order valence-electron chi connectivity index (χ1n) is 6.58. The van der Waals surface area contributed by atoms with Gasteiger partial charge in [0, 0.05) is 11.6 Å². The molecule has 16 heavy (non-hydrogen) atoms. The van der Waals surface area contributed by atoms with E-state index >= 15 is 0 Å². The Labute approximate surface area is 100 Å². The maximum absolute atomic E-state index is 9.20. The Kier molecular flexibility index (Phi) is 5.22. The molecule has 96 valence electrons. The molecule has 1 heterocycles. The van der Waals surface area contributed by atoms with E-state index in [1.54, 1.807) is 0 Å². The van der Waals surface area contributed by atoms with Crippen molar-refractivity contribution < 1.29 is 5.11 Å². The van der Waals surface area contributed by atoms with Crippen molar-refractivity contribution >= 4 is 0 Å². The van der Waals surface area contributed by atoms with Gasteiger partial charge in [0.15, 0.2) is 0 Å². The van der Waals surface area contributed by atoms with Gasteiger partial charge < -0.3 is 15.7 Å². The Hall–Kier alpha value is -0.120. The van der Waals surface area contributed by atoms with Crippen molar-refractivity contribution in [1.29, 1.82) is 0 Å². The zero-order valence-electron chi connectivity index (χ0n) is 11.1. The Balaban J connectivity index is 2.43. The molecule has 0 aliphatic carbocycles. The van der Waals surface area contributed by atoms with Crippen LogP contribution >= 0.6 is 0 Å². The predicted molar refractivity (Wildman–Crippen MR) is 68.3 cm³/mol. The van der Waals surface area contributed by atoms with Crippen LogP contribution in [-0.4, -0.2) is 41.3 Å². The highest BCUT2D eigenvalue weighted by atomic mass is 16.3. The van der Waals surface area contributed by atoms with Gasteiger partial charge in [0.25, 0.3) is 0 Å². The van der Waals surface area contributed by atoms with Crippen LogP contribution in [0.4, 0.5) is 0 Å². The minimum atomic E-state index is -0.433. The second-order valence-electron chi connectivity index (χ2n) is 5.94. The van der Waals surface area contributed by atoms with Gasteiger partial charge in [-0.2, -0.15) is 0 Å². The maximum Gasteiger partial charge on any atom is 0.0609 e. The molecule has 3 atom stereocenters. The number of aliphatic hydroxyl groups is 1. The Bertz CT molecular complexity index is 206. The van der Waals surface area contributed by atoms with Crippen molar-refractivity contribution in [3.05, 3.63) is 0 Å². The summed E-state index contributed by atoms with van der Waals surface area (Å²) >= 11 is 0. The van der Waals surface area contributed by atoms with Gasteiger partial charge >= 0.3 is 0 Å². The molecule has 0 aromatic carbocycles. The van der Waals surface area contributed by atoms with E-state index in [1.807, 2.05) is 6.92 Å². The van der Waals surface area contributed by atoms with Crippen LogP contribution in [0.2, 0.25) is 0 Å². The van der Waals surface area contributed by atoms with E-state index in [0.29, 0.717) is 6.04 Å². The van der Waals surface area contributed by atoms with E-state index in [1.165, 1.54) is 32.4 Å². The Morgan fingerprint density at radius 2 is 2.12 bits per heavy atom. The fraction of sp³-hybridized carbons (Fsp3) is 1.00. The summed E-state index contributed by atoms with van der Waals surface area (Å²) in [5.41, 5.74) is 5.58. The Morgan fingerprint density at radius 1 is 1.44 bits per heavy atom. The van der Waals surface area contributed by atoms with Gasteiger partial charge in [-0.1, -0.05) is 6.92 Å². The molecule has 1 rings (SSSR count). The molecule has 0 aromatic rings. The standard InChI is InChI=1S/C13H28N2O/c1-11-5-4-7-15(8-6-11)12(2)9-13(3,14)10-16/h11-12,16H,4-10,14H2,1-3H3. The van der Waals surface area contributed by atoms with Crippen LogP contribution in [0.3, 0.4) is 0 Å². The summed E-state index contributed by atoms with van der Waals surface area (Å²) in [6.45, 7) is 8.95. The zero-order chi connectivity index (χ0) is 12.2. The van der Waals surface area contributed by atoms with Crippen molar-refractivity contribution in [3.63, 3.8) is 0 Å². The largest absolute Gasteiger partial charge is 0.394 e. The lowest BCUT2D eigenvalue weighted by molar-refractivity contribution is 0.139. The molecular weight excluding hydrogens is 200 g/mol. The van der Waals surface area contributed by atoms with Crippen molar-refractivity contribution in [1.82, 2.24) is 4.90 Å². The van der Waals surface area contributed by atoms with E-state index in [9.17, 15) is 5.11 Å². The maximum atomic E-state index is 9.20. The van der Waals surface area contributed by atoms with E-state index in [2.05, 4.69) is 18.7 Å². The van der Waals surface area contributed by atoms with Gasteiger partial charge in [0.2, 0.25) is 0 Å². The number of hydrogen-bond donors (Lipinski definition) is 2. The topological polar surface area (TPSA) is 49.5 Å². The van der Waals surface area contributed by atoms with Crippen molar-refractivity contribution in [2.45, 2.75) is 58.0 Å². The molecule has 0 radical (unpaired) electrons. The molecule has 1 aliphatic rings. The summed E-state index contributed by atoms with van der Waals surface area (Å²) in [6.07, 6.45) is 4.82.